The van der Waals surface area contributed by atoms with E-state index in [2.05, 4.69) is 19.2 Å². The summed E-state index contributed by atoms with van der Waals surface area (Å²) < 4.78 is 28.1. The Bertz CT molecular complexity index is 1100. The number of amides is 1. The molecule has 0 saturated carbocycles. The van der Waals surface area contributed by atoms with Gasteiger partial charge in [-0.15, -0.1) is 0 Å². The van der Waals surface area contributed by atoms with Crippen molar-refractivity contribution in [2.45, 2.75) is 52.4 Å². The summed E-state index contributed by atoms with van der Waals surface area (Å²) in [7, 11) is 0. The molecule has 2 aromatic rings. The first kappa shape index (κ1) is 20.2. The Balaban J connectivity index is 1.69. The average molecular weight is 427 g/mol. The minimum Gasteiger partial charge on any atom is -0.379 e. The number of carbonyl (C=O) groups excluding carboxylic acids is 2. The number of hydrogen-bond acceptors (Lipinski definition) is 5. The van der Waals surface area contributed by atoms with Gasteiger partial charge in [-0.3, -0.25) is 9.59 Å². The summed E-state index contributed by atoms with van der Waals surface area (Å²) >= 11 is 0. The fourth-order valence-electron chi connectivity index (χ4n) is 5.09. The first-order valence-corrected chi connectivity index (χ1v) is 10.6. The van der Waals surface area contributed by atoms with Crippen LogP contribution < -0.4 is 11.1 Å². The molecule has 1 atom stereocenters. The molecule has 0 spiro atoms. The van der Waals surface area contributed by atoms with Crippen LogP contribution in [0.1, 0.15) is 64.4 Å². The Morgan fingerprint density at radius 3 is 2.74 bits per heavy atom. The molecule has 2 aliphatic heterocycles. The number of nitrogens with one attached hydrogen (secondary N) is 1. The van der Waals surface area contributed by atoms with Crippen LogP contribution in [0.5, 0.6) is 0 Å². The lowest BCUT2D eigenvalue weighted by Crippen LogP contribution is -2.28. The third kappa shape index (κ3) is 3.34. The van der Waals surface area contributed by atoms with E-state index in [-0.39, 0.29) is 22.8 Å². The van der Waals surface area contributed by atoms with Gasteiger partial charge in [-0.2, -0.15) is 0 Å². The van der Waals surface area contributed by atoms with Gasteiger partial charge in [0.1, 0.15) is 5.82 Å². The van der Waals surface area contributed by atoms with E-state index in [1.165, 1.54) is 6.07 Å². The van der Waals surface area contributed by atoms with Crippen LogP contribution in [-0.4, -0.2) is 35.5 Å². The lowest BCUT2D eigenvalue weighted by atomic mass is 9.75. The Kier molecular flexibility index (Phi) is 4.67. The molecule has 1 unspecified atom stereocenters. The van der Waals surface area contributed by atoms with Gasteiger partial charge < -0.3 is 25.1 Å². The zero-order chi connectivity index (χ0) is 21.9. The van der Waals surface area contributed by atoms with Crippen LogP contribution in [0.4, 0.5) is 10.1 Å². The van der Waals surface area contributed by atoms with Crippen molar-refractivity contribution in [3.63, 3.8) is 0 Å². The van der Waals surface area contributed by atoms with Crippen LogP contribution in [0.15, 0.2) is 12.1 Å². The molecule has 3 aliphatic rings. The lowest BCUT2D eigenvalue weighted by molar-refractivity contribution is 0.0900. The van der Waals surface area contributed by atoms with Crippen molar-refractivity contribution in [3.8, 4) is 5.69 Å². The van der Waals surface area contributed by atoms with E-state index in [4.69, 9.17) is 15.2 Å². The third-order valence-corrected chi connectivity index (χ3v) is 6.40. The molecule has 1 amide bonds. The summed E-state index contributed by atoms with van der Waals surface area (Å²) in [6.07, 6.45) is 1.92. The molecule has 7 nitrogen and oxygen atoms in total. The van der Waals surface area contributed by atoms with Gasteiger partial charge in [-0.05, 0) is 30.4 Å². The maximum atomic E-state index is 15.2. The van der Waals surface area contributed by atoms with E-state index < -0.39 is 11.7 Å². The van der Waals surface area contributed by atoms with E-state index in [0.29, 0.717) is 56.2 Å². The highest BCUT2D eigenvalue weighted by Gasteiger charge is 2.39. The van der Waals surface area contributed by atoms with Gasteiger partial charge in [-0.25, -0.2) is 4.39 Å². The molecule has 1 aromatic carbocycles. The molecule has 164 valence electrons. The highest BCUT2D eigenvalue weighted by atomic mass is 19.1. The van der Waals surface area contributed by atoms with Gasteiger partial charge in [-0.1, -0.05) is 13.8 Å². The molecule has 31 heavy (non-hydrogen) atoms. The van der Waals surface area contributed by atoms with Gasteiger partial charge in [0.05, 0.1) is 48.5 Å². The summed E-state index contributed by atoms with van der Waals surface area (Å²) in [5, 5.41) is 3.23. The van der Waals surface area contributed by atoms with Crippen molar-refractivity contribution >= 4 is 17.4 Å². The van der Waals surface area contributed by atoms with Crippen LogP contribution in [0, 0.1) is 11.2 Å². The number of primary amides is 1. The van der Waals surface area contributed by atoms with Crippen LogP contribution in [0.25, 0.3) is 5.69 Å². The number of hydrogen-bond donors (Lipinski definition) is 2. The van der Waals surface area contributed by atoms with Crippen molar-refractivity contribution < 1.29 is 23.5 Å². The molecule has 1 saturated heterocycles. The van der Waals surface area contributed by atoms with Crippen LogP contribution in [0.3, 0.4) is 0 Å². The van der Waals surface area contributed by atoms with Crippen LogP contribution in [0.2, 0.25) is 0 Å². The van der Waals surface area contributed by atoms with Gasteiger partial charge in [0, 0.05) is 29.8 Å². The molecule has 8 heteroatoms. The number of carbonyl (C=O) groups is 2. The van der Waals surface area contributed by atoms with Gasteiger partial charge in [0.15, 0.2) is 5.78 Å². The lowest BCUT2D eigenvalue weighted by Gasteiger charge is -2.30. The van der Waals surface area contributed by atoms with E-state index in [9.17, 15) is 9.59 Å². The first-order chi connectivity index (χ1) is 14.7. The van der Waals surface area contributed by atoms with Gasteiger partial charge >= 0.3 is 0 Å². The zero-order valence-corrected chi connectivity index (χ0v) is 17.7. The molecule has 0 radical (unpaired) electrons. The molecular formula is C23H26FN3O4. The number of rotatable bonds is 4. The standard InChI is InChI=1S/C23H26FN3O4/c1-23(2)7-17-20(19(28)8-23)14-10-31-11-18(14)27(17)13-5-15(24)21(22(25)29)16(6-13)26-12-3-4-30-9-12/h5-6,12,26H,3-4,7-11H2,1-2H3,(H2,25,29). The molecule has 1 aromatic heterocycles. The number of ether oxygens (including phenoxy) is 2. The van der Waals surface area contributed by atoms with E-state index in [1.807, 2.05) is 4.57 Å². The summed E-state index contributed by atoms with van der Waals surface area (Å²) in [4.78, 5) is 25.0. The topological polar surface area (TPSA) is 95.6 Å². The molecule has 1 fully saturated rings. The normalized spacial score (nSPS) is 21.8. The SMILES string of the molecule is CC1(C)CC(=O)c2c3c(n(-c4cc(F)c(C(N)=O)c(NC5CCOC5)c4)c2C1)COC3. The maximum absolute atomic E-state index is 15.2. The fourth-order valence-corrected chi connectivity index (χ4v) is 5.09. The number of halogens is 1. The highest BCUT2D eigenvalue weighted by Crippen LogP contribution is 2.42. The van der Waals surface area contributed by atoms with E-state index in [1.54, 1.807) is 6.07 Å². The molecule has 1 aliphatic carbocycles. The molecule has 3 N–H and O–H groups in total. The second kappa shape index (κ2) is 7.17. The Labute approximate surface area is 179 Å². The van der Waals surface area contributed by atoms with Crippen LogP contribution >= 0.6 is 0 Å². The van der Waals surface area contributed by atoms with Gasteiger partial charge in [0.25, 0.3) is 5.91 Å². The predicted molar refractivity (Wildman–Crippen MR) is 112 cm³/mol. The van der Waals surface area contributed by atoms with Crippen molar-refractivity contribution in [1.82, 2.24) is 4.57 Å². The maximum Gasteiger partial charge on any atom is 0.253 e. The van der Waals surface area contributed by atoms with E-state index in [0.717, 1.165) is 23.4 Å². The number of anilines is 1. The fraction of sp³-hybridized carbons (Fsp3) is 0.478. The van der Waals surface area contributed by atoms with Crippen molar-refractivity contribution in [1.29, 1.82) is 0 Å². The van der Waals surface area contributed by atoms with Crippen LogP contribution in [-0.2, 0) is 29.1 Å². The van der Waals surface area contributed by atoms with Gasteiger partial charge in [0.2, 0.25) is 0 Å². The Morgan fingerprint density at radius 1 is 1.23 bits per heavy atom. The largest absolute Gasteiger partial charge is 0.379 e. The molecule has 3 heterocycles. The monoisotopic (exact) mass is 427 g/mol. The number of ketones is 1. The average Bonchev–Trinajstić information content (AvgIpc) is 3.36. The number of nitrogens with zero attached hydrogens (tertiary/aromatic N) is 1. The molecular weight excluding hydrogens is 401 g/mol. The summed E-state index contributed by atoms with van der Waals surface area (Å²) in [5.41, 5.74) is 9.40. The number of Topliss-reactive ketones (excluding diaryl/α,β-unsaturated/α-hetero) is 1. The Hall–Kier alpha value is -2.71. The zero-order valence-electron chi connectivity index (χ0n) is 17.7. The quantitative estimate of drug-likeness (QED) is 0.782. The highest BCUT2D eigenvalue weighted by molar-refractivity contribution is 6.01. The molecule has 5 rings (SSSR count). The number of benzene rings is 1. The predicted octanol–water partition coefficient (Wildman–Crippen LogP) is 3.10. The van der Waals surface area contributed by atoms with Crippen molar-refractivity contribution in [3.05, 3.63) is 46.0 Å². The number of aromatic nitrogens is 1. The second-order valence-corrected chi connectivity index (χ2v) is 9.44. The van der Waals surface area contributed by atoms with Crippen molar-refractivity contribution in [2.75, 3.05) is 18.5 Å². The number of nitrogens with two attached hydrogens (primary N) is 1. The van der Waals surface area contributed by atoms with E-state index >= 15 is 4.39 Å². The molecule has 0 bridgehead atoms. The third-order valence-electron chi connectivity index (χ3n) is 6.40. The Morgan fingerprint density at radius 2 is 2.03 bits per heavy atom. The van der Waals surface area contributed by atoms with Crippen molar-refractivity contribution in [2.24, 2.45) is 11.1 Å². The summed E-state index contributed by atoms with van der Waals surface area (Å²) in [6.45, 7) is 5.96. The second-order valence-electron chi connectivity index (χ2n) is 9.44. The smallest absolute Gasteiger partial charge is 0.253 e. The summed E-state index contributed by atoms with van der Waals surface area (Å²) in [6, 6.07) is 3.04. The minimum atomic E-state index is -0.829. The first-order valence-electron chi connectivity index (χ1n) is 10.6. The summed E-state index contributed by atoms with van der Waals surface area (Å²) in [5.74, 6) is -1.42. The minimum absolute atomic E-state index is 0.0270. The number of fused-ring (bicyclic) bond motifs is 3.